The minimum Gasteiger partial charge on any atom is -1.00 e. The first-order valence-corrected chi connectivity index (χ1v) is 8.42. The van der Waals surface area contributed by atoms with E-state index in [2.05, 4.69) is 97.1 Å². The molecule has 0 bridgehead atoms. The SMILES string of the molecule is CC(C)(C)c1cccc(C(C)(C)C)c1OC([O][Al+2])C(C)(C)C.[H-].[H-]. The predicted octanol–water partition coefficient (Wildman–Crippen LogP) is 5.36. The summed E-state index contributed by atoms with van der Waals surface area (Å²) in [6.45, 7) is 19.7. The molecule has 0 aliphatic carbocycles. The van der Waals surface area contributed by atoms with Gasteiger partial charge in [0.25, 0.3) is 0 Å². The maximum atomic E-state index is 6.40. The van der Waals surface area contributed by atoms with Crippen molar-refractivity contribution in [3.63, 3.8) is 0 Å². The summed E-state index contributed by atoms with van der Waals surface area (Å²) in [5, 5.41) is 0. The van der Waals surface area contributed by atoms with Gasteiger partial charge in [-0.3, -0.25) is 0 Å². The van der Waals surface area contributed by atoms with Crippen molar-refractivity contribution in [1.29, 1.82) is 0 Å². The van der Waals surface area contributed by atoms with Crippen molar-refractivity contribution in [2.24, 2.45) is 5.41 Å². The van der Waals surface area contributed by atoms with Gasteiger partial charge in [0.1, 0.15) is 0 Å². The number of rotatable bonds is 3. The second-order valence-electron chi connectivity index (χ2n) is 9.13. The Labute approximate surface area is 148 Å². The average Bonchev–Trinajstić information content (AvgIpc) is 2.31. The van der Waals surface area contributed by atoms with Crippen molar-refractivity contribution >= 4 is 16.6 Å². The van der Waals surface area contributed by atoms with Crippen molar-refractivity contribution in [2.75, 3.05) is 0 Å². The van der Waals surface area contributed by atoms with E-state index in [1.807, 2.05) is 0 Å². The van der Waals surface area contributed by atoms with Crippen molar-refractivity contribution in [3.05, 3.63) is 29.3 Å². The summed E-state index contributed by atoms with van der Waals surface area (Å²) in [4.78, 5) is 0. The van der Waals surface area contributed by atoms with Gasteiger partial charge in [-0.05, 0) is 0 Å². The molecule has 22 heavy (non-hydrogen) atoms. The zero-order valence-corrected chi connectivity index (χ0v) is 16.9. The molecular weight excluding hydrogens is 287 g/mol. The molecule has 0 amide bonds. The zero-order valence-electron chi connectivity index (χ0n) is 17.7. The van der Waals surface area contributed by atoms with Gasteiger partial charge in [0, 0.05) is 0 Å². The fourth-order valence-electron chi connectivity index (χ4n) is 2.36. The van der Waals surface area contributed by atoms with Gasteiger partial charge in [-0.15, -0.1) is 0 Å². The van der Waals surface area contributed by atoms with Gasteiger partial charge in [0.15, 0.2) is 0 Å². The zero-order chi connectivity index (χ0) is 17.3. The van der Waals surface area contributed by atoms with Crippen LogP contribution in [0.5, 0.6) is 5.75 Å². The van der Waals surface area contributed by atoms with Gasteiger partial charge >= 0.3 is 145 Å². The van der Waals surface area contributed by atoms with Crippen molar-refractivity contribution in [3.8, 4) is 5.75 Å². The van der Waals surface area contributed by atoms with Crippen LogP contribution < -0.4 is 4.74 Å². The van der Waals surface area contributed by atoms with Gasteiger partial charge in [0.2, 0.25) is 0 Å². The molecule has 0 saturated carbocycles. The van der Waals surface area contributed by atoms with Crippen LogP contribution in [0, 0.1) is 5.41 Å². The van der Waals surface area contributed by atoms with Crippen LogP contribution in [0.1, 0.15) is 76.3 Å². The maximum Gasteiger partial charge on any atom is -1.00 e. The summed E-state index contributed by atoms with van der Waals surface area (Å²) < 4.78 is 11.9. The van der Waals surface area contributed by atoms with Crippen LogP contribution in [-0.4, -0.2) is 22.9 Å². The van der Waals surface area contributed by atoms with Crippen molar-refractivity contribution < 1.29 is 11.4 Å². The van der Waals surface area contributed by atoms with Crippen LogP contribution in [0.2, 0.25) is 0 Å². The third-order valence-corrected chi connectivity index (χ3v) is 3.93. The normalized spacial score (nSPS) is 14.9. The van der Waals surface area contributed by atoms with Crippen LogP contribution in [0.25, 0.3) is 0 Å². The summed E-state index contributed by atoms with van der Waals surface area (Å²) in [5.74, 6) is 0.963. The van der Waals surface area contributed by atoms with Crippen LogP contribution in [0.3, 0.4) is 0 Å². The number of hydrogen-bond donors (Lipinski definition) is 0. The Balaban J connectivity index is 0. The smallest absolute Gasteiger partial charge is 1.00 e. The van der Waals surface area contributed by atoms with E-state index in [9.17, 15) is 0 Å². The molecule has 124 valence electrons. The Morgan fingerprint density at radius 1 is 0.864 bits per heavy atom. The first-order valence-electron chi connectivity index (χ1n) is 7.94. The quantitative estimate of drug-likeness (QED) is 0.551. The number of benzene rings is 1. The van der Waals surface area contributed by atoms with Gasteiger partial charge < -0.3 is 2.85 Å². The number of para-hydroxylation sites is 1. The van der Waals surface area contributed by atoms with Crippen LogP contribution in [-0.2, 0) is 14.6 Å². The molecule has 1 aromatic rings. The minimum absolute atomic E-state index is 0. The largest absolute Gasteiger partial charge is 1.00 e. The van der Waals surface area contributed by atoms with Crippen LogP contribution in [0.15, 0.2) is 18.2 Å². The summed E-state index contributed by atoms with van der Waals surface area (Å²) in [6, 6.07) is 6.45. The van der Waals surface area contributed by atoms with Crippen molar-refractivity contribution in [1.82, 2.24) is 0 Å². The monoisotopic (exact) mass is 320 g/mol. The molecule has 0 fully saturated rings. The molecule has 1 atom stereocenters. The molecule has 0 saturated heterocycles. The second kappa shape index (κ2) is 6.56. The van der Waals surface area contributed by atoms with Gasteiger partial charge in [-0.2, -0.15) is 0 Å². The third kappa shape index (κ3) is 4.75. The molecule has 0 spiro atoms. The molecule has 0 heterocycles. The molecule has 1 unspecified atom stereocenters. The summed E-state index contributed by atoms with van der Waals surface area (Å²) in [6.07, 6.45) is -0.318. The summed E-state index contributed by atoms with van der Waals surface area (Å²) in [7, 11) is 0. The molecule has 2 nitrogen and oxygen atoms in total. The average molecular weight is 320 g/mol. The standard InChI is InChI=1S/C19H31O2.Al.2H/c1-17(2,3)13-11-10-12-14(18(4,5)6)15(13)21-16(20)19(7,8)9;;;/h10-12,16H,1-9H3;;;/q-1;+3;2*-1. The molecule has 1 rings (SSSR count). The van der Waals surface area contributed by atoms with E-state index in [0.29, 0.717) is 0 Å². The first-order chi connectivity index (χ1) is 9.78. The van der Waals surface area contributed by atoms with E-state index in [-0.39, 0.29) is 25.4 Å². The Kier molecular flexibility index (Phi) is 5.83. The summed E-state index contributed by atoms with van der Waals surface area (Å²) in [5.41, 5.74) is 2.36. The van der Waals surface area contributed by atoms with Gasteiger partial charge in [0.05, 0.1) is 0 Å². The Bertz CT molecular complexity index is 479. The van der Waals surface area contributed by atoms with Crippen LogP contribution in [0.4, 0.5) is 0 Å². The fourth-order valence-corrected chi connectivity index (χ4v) is 2.82. The van der Waals surface area contributed by atoms with E-state index in [0.717, 1.165) is 5.75 Å². The van der Waals surface area contributed by atoms with Crippen molar-refractivity contribution in [2.45, 2.75) is 79.4 Å². The predicted molar refractivity (Wildman–Crippen MR) is 96.8 cm³/mol. The first kappa shape index (κ1) is 19.6. The van der Waals surface area contributed by atoms with E-state index in [1.54, 1.807) is 0 Å². The maximum absolute atomic E-state index is 6.40. The topological polar surface area (TPSA) is 18.5 Å². The molecule has 1 aromatic carbocycles. The van der Waals surface area contributed by atoms with E-state index >= 15 is 0 Å². The minimum atomic E-state index is -0.318. The molecule has 0 N–H and O–H groups in total. The Hall–Kier alpha value is -0.488. The molecule has 0 aromatic heterocycles. The fraction of sp³-hybridized carbons (Fsp3) is 0.684. The van der Waals surface area contributed by atoms with E-state index < -0.39 is 0 Å². The molecular formula is C19H33AlO2. The second-order valence-corrected chi connectivity index (χ2v) is 9.41. The summed E-state index contributed by atoms with van der Waals surface area (Å²) >= 11 is 2.35. The van der Waals surface area contributed by atoms with Gasteiger partial charge in [-0.1, -0.05) is 0 Å². The molecule has 3 heteroatoms. The Morgan fingerprint density at radius 2 is 1.27 bits per heavy atom. The Morgan fingerprint density at radius 3 is 1.55 bits per heavy atom. The molecule has 0 radical (unpaired) electrons. The molecule has 0 aliphatic heterocycles. The third-order valence-electron chi connectivity index (χ3n) is 3.69. The van der Waals surface area contributed by atoms with E-state index in [4.69, 9.17) is 8.53 Å². The molecule has 0 aliphatic rings. The number of hydrogen-bond acceptors (Lipinski definition) is 2. The number of ether oxygens (including phenoxy) is 1. The van der Waals surface area contributed by atoms with Gasteiger partial charge in [-0.25, -0.2) is 0 Å². The van der Waals surface area contributed by atoms with Crippen LogP contribution >= 0.6 is 0 Å². The van der Waals surface area contributed by atoms with E-state index in [1.165, 1.54) is 11.1 Å².